The number of amides is 1. The summed E-state index contributed by atoms with van der Waals surface area (Å²) in [5.41, 5.74) is 7.69. The molecule has 1 atom stereocenters. The smallest absolute Gasteiger partial charge is 0.237 e. The first-order valence-electron chi connectivity index (χ1n) is 6.34. The molecule has 0 spiro atoms. The summed E-state index contributed by atoms with van der Waals surface area (Å²) in [6.45, 7) is 0.401. The molecule has 20 heavy (non-hydrogen) atoms. The zero-order chi connectivity index (χ0) is 14.5. The zero-order valence-electron chi connectivity index (χ0n) is 11.3. The van der Waals surface area contributed by atoms with Crippen LogP contribution in [-0.4, -0.2) is 26.8 Å². The van der Waals surface area contributed by atoms with Crippen LogP contribution < -0.4 is 11.1 Å². The van der Waals surface area contributed by atoms with Gasteiger partial charge in [0.25, 0.3) is 0 Å². The number of aromatic nitrogens is 2. The second kappa shape index (κ2) is 6.21. The molecule has 1 aromatic carbocycles. The number of benzene rings is 1. The second-order valence-electron chi connectivity index (χ2n) is 4.64. The van der Waals surface area contributed by atoms with Crippen LogP contribution in [0.25, 0.3) is 0 Å². The molecule has 6 nitrogen and oxygen atoms in total. The van der Waals surface area contributed by atoms with E-state index in [0.717, 1.165) is 11.3 Å². The van der Waals surface area contributed by atoms with E-state index in [0.29, 0.717) is 13.0 Å². The van der Waals surface area contributed by atoms with Crippen LogP contribution in [0.3, 0.4) is 0 Å². The van der Waals surface area contributed by atoms with E-state index in [2.05, 4.69) is 10.4 Å². The Morgan fingerprint density at radius 3 is 2.70 bits per heavy atom. The molecule has 1 heterocycles. The molecule has 2 rings (SSSR count). The third-order valence-electron chi connectivity index (χ3n) is 3.09. The van der Waals surface area contributed by atoms with Gasteiger partial charge in [-0.3, -0.25) is 9.48 Å². The lowest BCUT2D eigenvalue weighted by Gasteiger charge is -2.12. The van der Waals surface area contributed by atoms with Crippen molar-refractivity contribution in [3.8, 4) is 5.75 Å². The van der Waals surface area contributed by atoms with Gasteiger partial charge in [-0.2, -0.15) is 5.10 Å². The molecule has 0 radical (unpaired) electrons. The van der Waals surface area contributed by atoms with Crippen LogP contribution in [0, 0.1) is 0 Å². The van der Waals surface area contributed by atoms with E-state index in [4.69, 9.17) is 5.73 Å². The average Bonchev–Trinajstić information content (AvgIpc) is 2.84. The Labute approximate surface area is 117 Å². The fraction of sp³-hybridized carbons (Fsp3) is 0.286. The van der Waals surface area contributed by atoms with E-state index in [9.17, 15) is 9.90 Å². The lowest BCUT2D eigenvalue weighted by Crippen LogP contribution is -2.41. The highest BCUT2D eigenvalue weighted by Gasteiger charge is 2.14. The van der Waals surface area contributed by atoms with E-state index < -0.39 is 6.04 Å². The first-order valence-corrected chi connectivity index (χ1v) is 6.34. The van der Waals surface area contributed by atoms with Crippen LogP contribution in [0.2, 0.25) is 0 Å². The number of aryl methyl sites for hydroxylation is 1. The Kier molecular flexibility index (Phi) is 4.37. The van der Waals surface area contributed by atoms with Gasteiger partial charge >= 0.3 is 0 Å². The van der Waals surface area contributed by atoms with Gasteiger partial charge in [-0.05, 0) is 30.2 Å². The van der Waals surface area contributed by atoms with Crippen molar-refractivity contribution in [2.45, 2.75) is 19.0 Å². The van der Waals surface area contributed by atoms with E-state index in [-0.39, 0.29) is 11.7 Å². The summed E-state index contributed by atoms with van der Waals surface area (Å²) < 4.78 is 1.70. The van der Waals surface area contributed by atoms with Crippen molar-refractivity contribution in [2.75, 3.05) is 0 Å². The van der Waals surface area contributed by atoms with Crippen molar-refractivity contribution >= 4 is 5.91 Å². The number of hydrogen-bond acceptors (Lipinski definition) is 4. The van der Waals surface area contributed by atoms with E-state index in [1.165, 1.54) is 0 Å². The predicted octanol–water partition coefficient (Wildman–Crippen LogP) is 0.312. The summed E-state index contributed by atoms with van der Waals surface area (Å²) in [7, 11) is 1.82. The van der Waals surface area contributed by atoms with Crippen molar-refractivity contribution < 1.29 is 9.90 Å². The van der Waals surface area contributed by atoms with Gasteiger partial charge in [0.05, 0.1) is 18.3 Å². The van der Waals surface area contributed by atoms with Crippen molar-refractivity contribution in [3.05, 3.63) is 47.8 Å². The Hall–Kier alpha value is -2.34. The molecule has 0 aliphatic rings. The van der Waals surface area contributed by atoms with Gasteiger partial charge in [-0.15, -0.1) is 0 Å². The van der Waals surface area contributed by atoms with Gasteiger partial charge in [-0.25, -0.2) is 0 Å². The molecule has 0 aliphatic heterocycles. The molecular formula is C14H18N4O2. The first kappa shape index (κ1) is 14.1. The Balaban J connectivity index is 1.86. The fourth-order valence-electron chi connectivity index (χ4n) is 1.86. The molecule has 0 saturated heterocycles. The summed E-state index contributed by atoms with van der Waals surface area (Å²) in [5.74, 6) is -0.0118. The van der Waals surface area contributed by atoms with Gasteiger partial charge in [0, 0.05) is 13.2 Å². The van der Waals surface area contributed by atoms with E-state index >= 15 is 0 Å². The number of rotatable bonds is 5. The van der Waals surface area contributed by atoms with Gasteiger partial charge in [0.15, 0.2) is 0 Å². The third kappa shape index (κ3) is 3.58. The molecular weight excluding hydrogens is 256 g/mol. The highest BCUT2D eigenvalue weighted by Crippen LogP contribution is 2.10. The number of phenolic OH excluding ortho intramolecular Hbond substituents is 1. The fourth-order valence-corrected chi connectivity index (χ4v) is 1.86. The first-order chi connectivity index (χ1) is 9.56. The molecule has 106 valence electrons. The minimum Gasteiger partial charge on any atom is -0.508 e. The van der Waals surface area contributed by atoms with Gasteiger partial charge in [-0.1, -0.05) is 12.1 Å². The number of carbonyl (C=O) groups excluding carboxylic acids is 1. The number of nitrogens with two attached hydrogens (primary N) is 1. The van der Waals surface area contributed by atoms with Gasteiger partial charge < -0.3 is 16.2 Å². The second-order valence-corrected chi connectivity index (χ2v) is 4.64. The number of hydrogen-bond donors (Lipinski definition) is 3. The number of phenols is 1. The predicted molar refractivity (Wildman–Crippen MR) is 74.8 cm³/mol. The number of aromatic hydroxyl groups is 1. The third-order valence-corrected chi connectivity index (χ3v) is 3.09. The molecule has 4 N–H and O–H groups in total. The van der Waals surface area contributed by atoms with Gasteiger partial charge in [0.2, 0.25) is 5.91 Å². The summed E-state index contributed by atoms with van der Waals surface area (Å²) in [6, 6.07) is 7.89. The number of nitrogens with zero attached hydrogens (tertiary/aromatic N) is 2. The summed E-state index contributed by atoms with van der Waals surface area (Å²) in [5, 5.41) is 16.0. The average molecular weight is 274 g/mol. The lowest BCUT2D eigenvalue weighted by molar-refractivity contribution is -0.122. The van der Waals surface area contributed by atoms with Crippen molar-refractivity contribution in [2.24, 2.45) is 12.8 Å². The highest BCUT2D eigenvalue weighted by atomic mass is 16.3. The van der Waals surface area contributed by atoms with Crippen LogP contribution in [0.5, 0.6) is 5.75 Å². The van der Waals surface area contributed by atoms with E-state index in [1.807, 2.05) is 13.1 Å². The minimum atomic E-state index is -0.618. The highest BCUT2D eigenvalue weighted by molar-refractivity contribution is 5.81. The minimum absolute atomic E-state index is 0.197. The summed E-state index contributed by atoms with van der Waals surface area (Å²) in [4.78, 5) is 11.9. The summed E-state index contributed by atoms with van der Waals surface area (Å²) in [6.07, 6.45) is 2.11. The lowest BCUT2D eigenvalue weighted by atomic mass is 10.1. The van der Waals surface area contributed by atoms with Crippen LogP contribution in [0.1, 0.15) is 11.3 Å². The van der Waals surface area contributed by atoms with E-state index in [1.54, 1.807) is 35.1 Å². The van der Waals surface area contributed by atoms with Crippen LogP contribution in [-0.2, 0) is 24.8 Å². The summed E-state index contributed by atoms with van der Waals surface area (Å²) >= 11 is 0. The van der Waals surface area contributed by atoms with Crippen molar-refractivity contribution in [1.82, 2.24) is 15.1 Å². The zero-order valence-corrected chi connectivity index (χ0v) is 11.3. The monoisotopic (exact) mass is 274 g/mol. The molecule has 0 saturated carbocycles. The topological polar surface area (TPSA) is 93.2 Å². The Bertz CT molecular complexity index is 577. The molecule has 0 fully saturated rings. The maximum Gasteiger partial charge on any atom is 0.237 e. The maximum atomic E-state index is 11.9. The molecule has 1 aromatic heterocycles. The molecule has 6 heteroatoms. The molecule has 2 aromatic rings. The standard InChI is InChI=1S/C14H18N4O2/c1-18-11(6-7-17-18)9-16-14(20)13(15)8-10-2-4-12(19)5-3-10/h2-7,13,19H,8-9,15H2,1H3,(H,16,20)/t13-/m1/s1. The van der Waals surface area contributed by atoms with Crippen LogP contribution in [0.15, 0.2) is 36.5 Å². The molecule has 1 amide bonds. The Morgan fingerprint density at radius 1 is 1.40 bits per heavy atom. The molecule has 0 bridgehead atoms. The quantitative estimate of drug-likeness (QED) is 0.731. The molecule has 0 aliphatic carbocycles. The SMILES string of the molecule is Cn1nccc1CNC(=O)[C@H](N)Cc1ccc(O)cc1. The number of nitrogens with one attached hydrogen (secondary N) is 1. The largest absolute Gasteiger partial charge is 0.508 e. The number of carbonyl (C=O) groups is 1. The van der Waals surface area contributed by atoms with Crippen molar-refractivity contribution in [3.63, 3.8) is 0 Å². The molecule has 0 unspecified atom stereocenters. The normalized spacial score (nSPS) is 12.1. The van der Waals surface area contributed by atoms with Gasteiger partial charge in [0.1, 0.15) is 5.75 Å². The Morgan fingerprint density at radius 2 is 2.10 bits per heavy atom. The maximum absolute atomic E-state index is 11.9. The van der Waals surface area contributed by atoms with Crippen LogP contribution in [0.4, 0.5) is 0 Å². The van der Waals surface area contributed by atoms with Crippen molar-refractivity contribution in [1.29, 1.82) is 0 Å². The van der Waals surface area contributed by atoms with Crippen LogP contribution >= 0.6 is 0 Å².